The SMILES string of the molecule is Cn1nccc1CNC1CCC(NC(=O)OC(C)(C)C)C1. The first-order chi connectivity index (χ1) is 9.83. The molecule has 0 spiro atoms. The Balaban J connectivity index is 1.71. The molecule has 1 aliphatic carbocycles. The molecule has 1 amide bonds. The molecule has 1 aromatic rings. The van der Waals surface area contributed by atoms with Crippen LogP contribution in [0, 0.1) is 0 Å². The molecule has 6 heteroatoms. The fraction of sp³-hybridized carbons (Fsp3) is 0.733. The summed E-state index contributed by atoms with van der Waals surface area (Å²) in [7, 11) is 1.94. The maximum Gasteiger partial charge on any atom is 0.407 e. The van der Waals surface area contributed by atoms with Gasteiger partial charge in [0.1, 0.15) is 5.60 Å². The average molecular weight is 294 g/mol. The van der Waals surface area contributed by atoms with E-state index in [4.69, 9.17) is 4.74 Å². The van der Waals surface area contributed by atoms with Crippen molar-refractivity contribution in [3.63, 3.8) is 0 Å². The van der Waals surface area contributed by atoms with Gasteiger partial charge >= 0.3 is 6.09 Å². The molecule has 6 nitrogen and oxygen atoms in total. The van der Waals surface area contributed by atoms with Crippen LogP contribution in [0.5, 0.6) is 0 Å². The molecule has 1 aromatic heterocycles. The van der Waals surface area contributed by atoms with Crippen molar-refractivity contribution < 1.29 is 9.53 Å². The number of carbonyl (C=O) groups is 1. The lowest BCUT2D eigenvalue weighted by molar-refractivity contribution is 0.0505. The van der Waals surface area contributed by atoms with E-state index in [1.807, 2.05) is 38.6 Å². The van der Waals surface area contributed by atoms with Gasteiger partial charge in [0.05, 0.1) is 5.69 Å². The molecule has 1 heterocycles. The summed E-state index contributed by atoms with van der Waals surface area (Å²) >= 11 is 0. The maximum atomic E-state index is 11.7. The first kappa shape index (κ1) is 15.8. The zero-order valence-electron chi connectivity index (χ0n) is 13.3. The number of hydrogen-bond acceptors (Lipinski definition) is 4. The second-order valence-electron chi connectivity index (χ2n) is 6.68. The molecule has 1 aliphatic rings. The van der Waals surface area contributed by atoms with E-state index in [1.165, 1.54) is 5.69 Å². The van der Waals surface area contributed by atoms with Gasteiger partial charge in [0.2, 0.25) is 0 Å². The lowest BCUT2D eigenvalue weighted by atomic mass is 10.2. The number of carbonyl (C=O) groups excluding carboxylic acids is 1. The van der Waals surface area contributed by atoms with Crippen LogP contribution in [0.4, 0.5) is 4.79 Å². The van der Waals surface area contributed by atoms with Crippen LogP contribution in [0.15, 0.2) is 12.3 Å². The van der Waals surface area contributed by atoms with Gasteiger partial charge in [-0.15, -0.1) is 0 Å². The van der Waals surface area contributed by atoms with E-state index in [9.17, 15) is 4.79 Å². The topological polar surface area (TPSA) is 68.2 Å². The molecule has 0 radical (unpaired) electrons. The highest BCUT2D eigenvalue weighted by Crippen LogP contribution is 2.20. The van der Waals surface area contributed by atoms with E-state index >= 15 is 0 Å². The summed E-state index contributed by atoms with van der Waals surface area (Å²) in [6.07, 6.45) is 4.48. The molecule has 21 heavy (non-hydrogen) atoms. The summed E-state index contributed by atoms with van der Waals surface area (Å²) in [4.78, 5) is 11.7. The number of amides is 1. The van der Waals surface area contributed by atoms with Crippen LogP contribution in [0.2, 0.25) is 0 Å². The summed E-state index contributed by atoms with van der Waals surface area (Å²) in [5.41, 5.74) is 0.721. The molecule has 118 valence electrons. The van der Waals surface area contributed by atoms with Gasteiger partial charge in [0.25, 0.3) is 0 Å². The first-order valence-electron chi connectivity index (χ1n) is 7.53. The molecule has 0 aromatic carbocycles. The van der Waals surface area contributed by atoms with Gasteiger partial charge in [-0.25, -0.2) is 4.79 Å². The molecule has 0 aliphatic heterocycles. The Morgan fingerprint density at radius 2 is 2.14 bits per heavy atom. The standard InChI is InChI=1S/C15H26N4O2/c1-15(2,3)21-14(20)18-12-6-5-11(9-12)16-10-13-7-8-17-19(13)4/h7-8,11-12,16H,5-6,9-10H2,1-4H3,(H,18,20). The van der Waals surface area contributed by atoms with Crippen molar-refractivity contribution in [3.05, 3.63) is 18.0 Å². The summed E-state index contributed by atoms with van der Waals surface area (Å²) in [5.74, 6) is 0. The van der Waals surface area contributed by atoms with E-state index in [0.29, 0.717) is 6.04 Å². The van der Waals surface area contributed by atoms with E-state index in [0.717, 1.165) is 25.8 Å². The van der Waals surface area contributed by atoms with Crippen LogP contribution in [-0.4, -0.2) is 33.6 Å². The Hall–Kier alpha value is -1.56. The van der Waals surface area contributed by atoms with Crippen LogP contribution < -0.4 is 10.6 Å². The Kier molecular flexibility index (Phi) is 4.88. The number of nitrogens with zero attached hydrogens (tertiary/aromatic N) is 2. The smallest absolute Gasteiger partial charge is 0.407 e. The van der Waals surface area contributed by atoms with Crippen molar-refractivity contribution in [2.45, 2.75) is 64.3 Å². The molecule has 1 saturated carbocycles. The molecular formula is C15H26N4O2. The van der Waals surface area contributed by atoms with E-state index in [-0.39, 0.29) is 12.1 Å². The molecular weight excluding hydrogens is 268 g/mol. The third kappa shape index (κ3) is 5.04. The highest BCUT2D eigenvalue weighted by molar-refractivity contribution is 5.68. The van der Waals surface area contributed by atoms with Crippen molar-refractivity contribution in [2.75, 3.05) is 0 Å². The second kappa shape index (κ2) is 6.47. The van der Waals surface area contributed by atoms with Gasteiger partial charge in [-0.05, 0) is 46.1 Å². The molecule has 2 unspecified atom stereocenters. The van der Waals surface area contributed by atoms with E-state index < -0.39 is 5.60 Å². The summed E-state index contributed by atoms with van der Waals surface area (Å²) in [6.45, 7) is 6.43. The van der Waals surface area contributed by atoms with Gasteiger partial charge in [0.15, 0.2) is 0 Å². The molecule has 1 fully saturated rings. The maximum absolute atomic E-state index is 11.7. The minimum atomic E-state index is -0.445. The largest absolute Gasteiger partial charge is 0.444 e. The van der Waals surface area contributed by atoms with Gasteiger partial charge in [-0.2, -0.15) is 5.10 Å². The van der Waals surface area contributed by atoms with Crippen molar-refractivity contribution in [1.82, 2.24) is 20.4 Å². The fourth-order valence-electron chi connectivity index (χ4n) is 2.60. The Labute approximate surface area is 126 Å². The van der Waals surface area contributed by atoms with Gasteiger partial charge in [-0.3, -0.25) is 4.68 Å². The van der Waals surface area contributed by atoms with Crippen LogP contribution in [0.3, 0.4) is 0 Å². The van der Waals surface area contributed by atoms with Gasteiger partial charge in [0, 0.05) is 31.9 Å². The predicted molar refractivity (Wildman–Crippen MR) is 80.8 cm³/mol. The molecule has 0 bridgehead atoms. The number of rotatable bonds is 4. The molecule has 2 atom stereocenters. The van der Waals surface area contributed by atoms with Crippen molar-refractivity contribution in [3.8, 4) is 0 Å². The zero-order valence-corrected chi connectivity index (χ0v) is 13.3. The Bertz CT molecular complexity index is 478. The third-order valence-electron chi connectivity index (χ3n) is 3.65. The third-order valence-corrected chi connectivity index (χ3v) is 3.65. The number of hydrogen-bond donors (Lipinski definition) is 2. The summed E-state index contributed by atoms with van der Waals surface area (Å²) < 4.78 is 7.16. The fourth-order valence-corrected chi connectivity index (χ4v) is 2.60. The van der Waals surface area contributed by atoms with E-state index in [2.05, 4.69) is 15.7 Å². The number of nitrogens with one attached hydrogen (secondary N) is 2. The quantitative estimate of drug-likeness (QED) is 0.890. The Morgan fingerprint density at radius 1 is 1.43 bits per heavy atom. The molecule has 2 N–H and O–H groups in total. The van der Waals surface area contributed by atoms with E-state index in [1.54, 1.807) is 6.20 Å². The van der Waals surface area contributed by atoms with Crippen LogP contribution in [0.1, 0.15) is 45.7 Å². The minimum Gasteiger partial charge on any atom is -0.444 e. The van der Waals surface area contributed by atoms with Crippen molar-refractivity contribution in [2.24, 2.45) is 7.05 Å². The van der Waals surface area contributed by atoms with Gasteiger partial charge < -0.3 is 15.4 Å². The second-order valence-corrected chi connectivity index (χ2v) is 6.68. The van der Waals surface area contributed by atoms with Crippen LogP contribution >= 0.6 is 0 Å². The number of aryl methyl sites for hydroxylation is 1. The normalized spacial score (nSPS) is 22.3. The summed E-state index contributed by atoms with van der Waals surface area (Å²) in [6, 6.07) is 2.64. The highest BCUT2D eigenvalue weighted by atomic mass is 16.6. The minimum absolute atomic E-state index is 0.198. The first-order valence-corrected chi connectivity index (χ1v) is 7.53. The van der Waals surface area contributed by atoms with Crippen LogP contribution in [-0.2, 0) is 18.3 Å². The van der Waals surface area contributed by atoms with Crippen LogP contribution in [0.25, 0.3) is 0 Å². The Morgan fingerprint density at radius 3 is 2.76 bits per heavy atom. The lowest BCUT2D eigenvalue weighted by Crippen LogP contribution is -2.39. The van der Waals surface area contributed by atoms with Gasteiger partial charge in [-0.1, -0.05) is 0 Å². The van der Waals surface area contributed by atoms with Crippen molar-refractivity contribution in [1.29, 1.82) is 0 Å². The monoisotopic (exact) mass is 294 g/mol. The number of ether oxygens (including phenoxy) is 1. The zero-order chi connectivity index (χ0) is 15.5. The number of aromatic nitrogens is 2. The molecule has 0 saturated heterocycles. The average Bonchev–Trinajstić information content (AvgIpc) is 2.93. The molecule has 2 rings (SSSR count). The highest BCUT2D eigenvalue weighted by Gasteiger charge is 2.27. The lowest BCUT2D eigenvalue weighted by Gasteiger charge is -2.21. The number of alkyl carbamates (subject to hydrolysis) is 1. The van der Waals surface area contributed by atoms with Crippen molar-refractivity contribution >= 4 is 6.09 Å². The predicted octanol–water partition coefficient (Wildman–Crippen LogP) is 1.96. The summed E-state index contributed by atoms with van der Waals surface area (Å²) in [5, 5.41) is 10.6.